The number of carbonyl (C=O) groups is 1. The Morgan fingerprint density at radius 2 is 1.77 bits per heavy atom. The van der Waals surface area contributed by atoms with E-state index in [0.717, 1.165) is 18.7 Å². The maximum atomic E-state index is 13.6. The van der Waals surface area contributed by atoms with Crippen LogP contribution in [0.4, 0.5) is 0 Å². The number of sulfonamides is 1. The van der Waals surface area contributed by atoms with Gasteiger partial charge in [0, 0.05) is 37.2 Å². The molecule has 2 aromatic carbocycles. The highest BCUT2D eigenvalue weighted by Gasteiger charge is 2.32. The summed E-state index contributed by atoms with van der Waals surface area (Å²) < 4.78 is 27.9. The van der Waals surface area contributed by atoms with Gasteiger partial charge < -0.3 is 9.80 Å². The number of benzene rings is 2. The molecular weight excluding hydrogens is 466 g/mol. The molecule has 6 nitrogen and oxygen atoms in total. The SMILES string of the molecule is CCN(CC)S(=O)(=O)c1ccc(Br)c(C(=O)N2CCN(C)CC2c2ccccc2)c1. The summed E-state index contributed by atoms with van der Waals surface area (Å²) in [5.41, 5.74) is 1.44. The maximum absolute atomic E-state index is 13.6. The highest BCUT2D eigenvalue weighted by atomic mass is 79.9. The van der Waals surface area contributed by atoms with Gasteiger partial charge in [0.1, 0.15) is 0 Å². The molecule has 1 heterocycles. The van der Waals surface area contributed by atoms with E-state index in [1.165, 1.54) is 10.4 Å². The predicted molar refractivity (Wildman–Crippen MR) is 122 cm³/mol. The first-order chi connectivity index (χ1) is 14.3. The summed E-state index contributed by atoms with van der Waals surface area (Å²) in [6.07, 6.45) is 0. The number of rotatable bonds is 6. The van der Waals surface area contributed by atoms with Gasteiger partial charge in [0.2, 0.25) is 10.0 Å². The zero-order valence-electron chi connectivity index (χ0n) is 17.6. The van der Waals surface area contributed by atoms with Gasteiger partial charge in [0.15, 0.2) is 0 Å². The van der Waals surface area contributed by atoms with Crippen LogP contribution in [-0.2, 0) is 10.0 Å². The third kappa shape index (κ3) is 4.61. The minimum Gasteiger partial charge on any atom is -0.329 e. The van der Waals surface area contributed by atoms with Crippen LogP contribution < -0.4 is 0 Å². The Morgan fingerprint density at radius 3 is 2.40 bits per heavy atom. The Labute approximate surface area is 187 Å². The van der Waals surface area contributed by atoms with E-state index in [4.69, 9.17) is 0 Å². The first-order valence-electron chi connectivity index (χ1n) is 10.1. The van der Waals surface area contributed by atoms with Crippen LogP contribution in [0.5, 0.6) is 0 Å². The van der Waals surface area contributed by atoms with Crippen LogP contribution in [0.25, 0.3) is 0 Å². The van der Waals surface area contributed by atoms with Crippen LogP contribution in [0.2, 0.25) is 0 Å². The summed E-state index contributed by atoms with van der Waals surface area (Å²) in [5.74, 6) is -0.166. The quantitative estimate of drug-likeness (QED) is 0.616. The summed E-state index contributed by atoms with van der Waals surface area (Å²) in [5, 5.41) is 0. The lowest BCUT2D eigenvalue weighted by Crippen LogP contribution is -2.49. The standard InChI is InChI=1S/C22H28BrN3O3S/c1-4-25(5-2)30(28,29)18-11-12-20(23)19(15-18)22(27)26-14-13-24(3)16-21(26)17-9-7-6-8-10-17/h6-12,15,21H,4-5,13-14,16H2,1-3H3. The fourth-order valence-corrected chi connectivity index (χ4v) is 5.72. The van der Waals surface area contributed by atoms with Crippen molar-refractivity contribution >= 4 is 31.9 Å². The Balaban J connectivity index is 1.99. The topological polar surface area (TPSA) is 60.9 Å². The summed E-state index contributed by atoms with van der Waals surface area (Å²) >= 11 is 3.46. The second-order valence-corrected chi connectivity index (χ2v) is 10.2. The van der Waals surface area contributed by atoms with E-state index in [9.17, 15) is 13.2 Å². The van der Waals surface area contributed by atoms with Crippen molar-refractivity contribution in [1.82, 2.24) is 14.1 Å². The molecule has 1 saturated heterocycles. The zero-order chi connectivity index (χ0) is 21.9. The van der Waals surface area contributed by atoms with Gasteiger partial charge in [-0.3, -0.25) is 4.79 Å². The van der Waals surface area contributed by atoms with Crippen molar-refractivity contribution in [3.63, 3.8) is 0 Å². The smallest absolute Gasteiger partial charge is 0.255 e. The number of nitrogens with zero attached hydrogens (tertiary/aromatic N) is 3. The van der Waals surface area contributed by atoms with Gasteiger partial charge in [0.25, 0.3) is 5.91 Å². The van der Waals surface area contributed by atoms with Crippen LogP contribution in [0.3, 0.4) is 0 Å². The highest BCUT2D eigenvalue weighted by molar-refractivity contribution is 9.10. The van der Waals surface area contributed by atoms with Crippen molar-refractivity contribution in [3.05, 3.63) is 64.1 Å². The number of hydrogen-bond acceptors (Lipinski definition) is 4. The summed E-state index contributed by atoms with van der Waals surface area (Å²) in [7, 11) is -1.60. The van der Waals surface area contributed by atoms with E-state index in [2.05, 4.69) is 20.8 Å². The minimum atomic E-state index is -3.65. The molecule has 1 aliphatic heterocycles. The number of amides is 1. The lowest BCUT2D eigenvalue weighted by atomic mass is 10.0. The minimum absolute atomic E-state index is 0.0904. The van der Waals surface area contributed by atoms with E-state index in [1.54, 1.807) is 26.0 Å². The van der Waals surface area contributed by atoms with Crippen molar-refractivity contribution in [3.8, 4) is 0 Å². The fraction of sp³-hybridized carbons (Fsp3) is 0.409. The molecule has 0 bridgehead atoms. The molecule has 30 heavy (non-hydrogen) atoms. The summed E-state index contributed by atoms with van der Waals surface area (Å²) in [6, 6.07) is 14.6. The molecule has 1 unspecified atom stereocenters. The predicted octanol–water partition coefficient (Wildman–Crippen LogP) is 3.61. The largest absolute Gasteiger partial charge is 0.329 e. The molecule has 1 aliphatic rings. The summed E-state index contributed by atoms with van der Waals surface area (Å²) in [4.78, 5) is 17.8. The van der Waals surface area contributed by atoms with Gasteiger partial charge in [-0.1, -0.05) is 44.2 Å². The number of likely N-dealkylation sites (N-methyl/N-ethyl adjacent to an activating group) is 1. The van der Waals surface area contributed by atoms with Gasteiger partial charge >= 0.3 is 0 Å². The Kier molecular flexibility index (Phi) is 7.34. The Morgan fingerprint density at radius 1 is 1.10 bits per heavy atom. The highest BCUT2D eigenvalue weighted by Crippen LogP contribution is 2.30. The average molecular weight is 494 g/mol. The van der Waals surface area contributed by atoms with Crippen LogP contribution >= 0.6 is 15.9 Å². The second-order valence-electron chi connectivity index (χ2n) is 7.42. The van der Waals surface area contributed by atoms with Gasteiger partial charge in [-0.05, 0) is 46.7 Å². The lowest BCUT2D eigenvalue weighted by Gasteiger charge is -2.40. The van der Waals surface area contributed by atoms with Gasteiger partial charge in [-0.15, -0.1) is 0 Å². The van der Waals surface area contributed by atoms with E-state index in [1.807, 2.05) is 42.3 Å². The van der Waals surface area contributed by atoms with Crippen molar-refractivity contribution < 1.29 is 13.2 Å². The monoisotopic (exact) mass is 493 g/mol. The molecule has 1 fully saturated rings. The normalized spacial score (nSPS) is 18.0. The maximum Gasteiger partial charge on any atom is 0.255 e. The number of carbonyl (C=O) groups excluding carboxylic acids is 1. The third-order valence-corrected chi connectivity index (χ3v) is 8.28. The molecule has 0 aliphatic carbocycles. The van der Waals surface area contributed by atoms with E-state index < -0.39 is 10.0 Å². The third-order valence-electron chi connectivity index (χ3n) is 5.54. The van der Waals surface area contributed by atoms with Gasteiger partial charge in [-0.25, -0.2) is 8.42 Å². The molecule has 162 valence electrons. The van der Waals surface area contributed by atoms with Crippen molar-refractivity contribution in [2.24, 2.45) is 0 Å². The van der Waals surface area contributed by atoms with Gasteiger partial charge in [0.05, 0.1) is 16.5 Å². The first kappa shape index (κ1) is 22.9. The molecule has 1 amide bonds. The van der Waals surface area contributed by atoms with Crippen molar-refractivity contribution in [2.45, 2.75) is 24.8 Å². The Hall–Kier alpha value is -1.74. The number of hydrogen-bond donors (Lipinski definition) is 0. The molecule has 0 radical (unpaired) electrons. The zero-order valence-corrected chi connectivity index (χ0v) is 20.0. The molecule has 3 rings (SSSR count). The molecule has 0 aromatic heterocycles. The van der Waals surface area contributed by atoms with Crippen LogP contribution in [-0.4, -0.2) is 68.2 Å². The molecule has 1 atom stereocenters. The summed E-state index contributed by atoms with van der Waals surface area (Å²) in [6.45, 7) is 6.45. The first-order valence-corrected chi connectivity index (χ1v) is 12.4. The number of halogens is 1. The molecular formula is C22H28BrN3O3S. The van der Waals surface area contributed by atoms with Gasteiger partial charge in [-0.2, -0.15) is 4.31 Å². The number of piperazine rings is 1. The van der Waals surface area contributed by atoms with E-state index in [0.29, 0.717) is 29.7 Å². The second kappa shape index (κ2) is 9.60. The van der Waals surface area contributed by atoms with Crippen LogP contribution in [0.1, 0.15) is 35.8 Å². The van der Waals surface area contributed by atoms with Crippen LogP contribution in [0, 0.1) is 0 Å². The molecule has 0 spiro atoms. The van der Waals surface area contributed by atoms with Crippen LogP contribution in [0.15, 0.2) is 57.9 Å². The lowest BCUT2D eigenvalue weighted by molar-refractivity contribution is 0.0497. The van der Waals surface area contributed by atoms with E-state index in [-0.39, 0.29) is 16.8 Å². The molecule has 0 N–H and O–H groups in total. The van der Waals surface area contributed by atoms with Crippen molar-refractivity contribution in [1.29, 1.82) is 0 Å². The molecule has 8 heteroatoms. The molecule has 2 aromatic rings. The average Bonchev–Trinajstić information content (AvgIpc) is 2.74. The van der Waals surface area contributed by atoms with Crippen molar-refractivity contribution in [2.75, 3.05) is 39.8 Å². The Bertz CT molecular complexity index is 994. The molecule has 0 saturated carbocycles. The fourth-order valence-electron chi connectivity index (χ4n) is 3.82. The van der Waals surface area contributed by atoms with E-state index >= 15 is 0 Å².